The fraction of sp³-hybridized carbons (Fsp3) is 0.750. The number of tetrazole rings is 1. The standard InChI is InChI=1S/C12H19N7O2/c13-12-14-15-16-19(12)8-10(20)17-5-6-18(11(21)7-17)9-3-1-2-4-9/h9H,1-8H2,(H2,13,14,16). The molecule has 1 saturated heterocycles. The molecule has 1 aromatic heterocycles. The molecular formula is C12H19N7O2. The maximum atomic E-state index is 12.2. The number of piperazine rings is 1. The van der Waals surface area contributed by atoms with Crippen molar-refractivity contribution in [3.8, 4) is 0 Å². The maximum Gasteiger partial charge on any atom is 0.245 e. The number of hydrogen-bond acceptors (Lipinski definition) is 6. The summed E-state index contributed by atoms with van der Waals surface area (Å²) in [5.41, 5.74) is 5.53. The monoisotopic (exact) mass is 293 g/mol. The summed E-state index contributed by atoms with van der Waals surface area (Å²) in [4.78, 5) is 27.9. The highest BCUT2D eigenvalue weighted by molar-refractivity contribution is 5.86. The molecule has 1 aromatic rings. The summed E-state index contributed by atoms with van der Waals surface area (Å²) in [5.74, 6) is -0.0566. The molecule has 2 N–H and O–H groups in total. The molecule has 3 rings (SSSR count). The first kappa shape index (κ1) is 13.8. The number of anilines is 1. The van der Waals surface area contributed by atoms with E-state index in [0.29, 0.717) is 19.1 Å². The lowest BCUT2D eigenvalue weighted by Gasteiger charge is -2.37. The van der Waals surface area contributed by atoms with E-state index in [9.17, 15) is 9.59 Å². The van der Waals surface area contributed by atoms with Gasteiger partial charge in [0, 0.05) is 19.1 Å². The minimum Gasteiger partial charge on any atom is -0.367 e. The molecule has 114 valence electrons. The van der Waals surface area contributed by atoms with Crippen molar-refractivity contribution in [3.05, 3.63) is 0 Å². The number of carbonyl (C=O) groups excluding carboxylic acids is 2. The molecule has 21 heavy (non-hydrogen) atoms. The Kier molecular flexibility index (Phi) is 3.72. The number of hydrogen-bond donors (Lipinski definition) is 1. The topological polar surface area (TPSA) is 110 Å². The molecule has 1 aliphatic heterocycles. The van der Waals surface area contributed by atoms with Gasteiger partial charge in [-0.25, -0.2) is 4.68 Å². The van der Waals surface area contributed by atoms with Gasteiger partial charge in [-0.3, -0.25) is 9.59 Å². The van der Waals surface area contributed by atoms with E-state index in [1.165, 1.54) is 17.5 Å². The summed E-state index contributed by atoms with van der Waals surface area (Å²) in [7, 11) is 0. The SMILES string of the molecule is Nc1nnnn1CC(=O)N1CCN(C2CCCC2)C(=O)C1. The van der Waals surface area contributed by atoms with E-state index in [1.54, 1.807) is 4.90 Å². The number of nitrogen functional groups attached to an aromatic ring is 1. The van der Waals surface area contributed by atoms with Crippen molar-refractivity contribution in [1.29, 1.82) is 0 Å². The normalized spacial score (nSPS) is 20.3. The van der Waals surface area contributed by atoms with Gasteiger partial charge in [0.05, 0.1) is 6.54 Å². The Morgan fingerprint density at radius 1 is 1.29 bits per heavy atom. The highest BCUT2D eigenvalue weighted by Gasteiger charge is 2.32. The van der Waals surface area contributed by atoms with E-state index >= 15 is 0 Å². The van der Waals surface area contributed by atoms with Crippen molar-refractivity contribution in [2.24, 2.45) is 0 Å². The van der Waals surface area contributed by atoms with Crippen molar-refractivity contribution >= 4 is 17.8 Å². The van der Waals surface area contributed by atoms with Crippen LogP contribution in [0.4, 0.5) is 5.95 Å². The number of nitrogens with zero attached hydrogens (tertiary/aromatic N) is 6. The van der Waals surface area contributed by atoms with E-state index in [4.69, 9.17) is 5.73 Å². The van der Waals surface area contributed by atoms with Crippen LogP contribution >= 0.6 is 0 Å². The summed E-state index contributed by atoms with van der Waals surface area (Å²) in [6.45, 7) is 1.27. The zero-order valence-corrected chi connectivity index (χ0v) is 11.8. The van der Waals surface area contributed by atoms with Crippen LogP contribution in [-0.2, 0) is 16.1 Å². The summed E-state index contributed by atoms with van der Waals surface area (Å²) >= 11 is 0. The molecule has 0 radical (unpaired) electrons. The van der Waals surface area contributed by atoms with Gasteiger partial charge in [0.15, 0.2) is 0 Å². The Balaban J connectivity index is 1.57. The number of aromatic nitrogens is 4. The van der Waals surface area contributed by atoms with Crippen LogP contribution in [-0.4, -0.2) is 67.5 Å². The van der Waals surface area contributed by atoms with Gasteiger partial charge in [-0.15, -0.1) is 0 Å². The van der Waals surface area contributed by atoms with Crippen molar-refractivity contribution < 1.29 is 9.59 Å². The lowest BCUT2D eigenvalue weighted by Crippen LogP contribution is -2.55. The van der Waals surface area contributed by atoms with Gasteiger partial charge in [0.25, 0.3) is 0 Å². The minimum atomic E-state index is -0.187. The highest BCUT2D eigenvalue weighted by atomic mass is 16.2. The second-order valence-electron chi connectivity index (χ2n) is 5.54. The molecule has 9 nitrogen and oxygen atoms in total. The Labute approximate surface area is 122 Å². The van der Waals surface area contributed by atoms with Crippen molar-refractivity contribution in [2.45, 2.75) is 38.3 Å². The summed E-state index contributed by atoms with van der Waals surface area (Å²) in [6, 6.07) is 0.366. The molecule has 2 amide bonds. The molecule has 0 unspecified atom stereocenters. The van der Waals surface area contributed by atoms with E-state index in [0.717, 1.165) is 12.8 Å². The third kappa shape index (κ3) is 2.81. The van der Waals surface area contributed by atoms with Crippen molar-refractivity contribution in [1.82, 2.24) is 30.0 Å². The minimum absolute atomic E-state index is 0.0322. The predicted molar refractivity (Wildman–Crippen MR) is 72.8 cm³/mol. The molecule has 0 atom stereocenters. The zero-order valence-electron chi connectivity index (χ0n) is 11.8. The van der Waals surface area contributed by atoms with Crippen LogP contribution in [0.5, 0.6) is 0 Å². The Hall–Kier alpha value is -2.19. The van der Waals surface area contributed by atoms with Gasteiger partial charge in [0.2, 0.25) is 17.8 Å². The Bertz CT molecular complexity index is 537. The molecule has 2 fully saturated rings. The van der Waals surface area contributed by atoms with Crippen LogP contribution in [0.2, 0.25) is 0 Å². The Morgan fingerprint density at radius 2 is 2.05 bits per heavy atom. The number of nitrogens with two attached hydrogens (primary N) is 1. The average Bonchev–Trinajstić information content (AvgIpc) is 3.11. The lowest BCUT2D eigenvalue weighted by molar-refractivity contribution is -0.147. The first-order valence-electron chi connectivity index (χ1n) is 7.24. The first-order valence-corrected chi connectivity index (χ1v) is 7.24. The molecule has 2 heterocycles. The number of rotatable bonds is 3. The van der Waals surface area contributed by atoms with Crippen LogP contribution in [0.3, 0.4) is 0 Å². The quantitative estimate of drug-likeness (QED) is 0.755. The fourth-order valence-electron chi connectivity index (χ4n) is 3.05. The van der Waals surface area contributed by atoms with Gasteiger partial charge in [-0.2, -0.15) is 0 Å². The lowest BCUT2D eigenvalue weighted by atomic mass is 10.1. The zero-order chi connectivity index (χ0) is 14.8. The van der Waals surface area contributed by atoms with E-state index < -0.39 is 0 Å². The molecule has 0 spiro atoms. The molecule has 9 heteroatoms. The van der Waals surface area contributed by atoms with Crippen LogP contribution in [0.25, 0.3) is 0 Å². The molecule has 0 bridgehead atoms. The number of amides is 2. The third-order valence-electron chi connectivity index (χ3n) is 4.22. The maximum absolute atomic E-state index is 12.2. The molecule has 2 aliphatic rings. The molecule has 0 aromatic carbocycles. The van der Waals surface area contributed by atoms with Crippen LogP contribution in [0, 0.1) is 0 Å². The van der Waals surface area contributed by atoms with Crippen LogP contribution in [0.1, 0.15) is 25.7 Å². The largest absolute Gasteiger partial charge is 0.367 e. The van der Waals surface area contributed by atoms with Gasteiger partial charge in [-0.05, 0) is 23.3 Å². The average molecular weight is 293 g/mol. The molecule has 1 aliphatic carbocycles. The summed E-state index contributed by atoms with van der Waals surface area (Å²) in [5, 5.41) is 10.6. The van der Waals surface area contributed by atoms with Gasteiger partial charge >= 0.3 is 0 Å². The summed E-state index contributed by atoms with van der Waals surface area (Å²) < 4.78 is 1.23. The van der Waals surface area contributed by atoms with Crippen LogP contribution in [0.15, 0.2) is 0 Å². The molecule has 1 saturated carbocycles. The number of carbonyl (C=O) groups is 2. The summed E-state index contributed by atoms with van der Waals surface area (Å²) in [6.07, 6.45) is 4.55. The fourth-order valence-corrected chi connectivity index (χ4v) is 3.05. The third-order valence-corrected chi connectivity index (χ3v) is 4.22. The van der Waals surface area contributed by atoms with Gasteiger partial charge < -0.3 is 15.5 Å². The van der Waals surface area contributed by atoms with Gasteiger partial charge in [0.1, 0.15) is 6.54 Å². The second-order valence-corrected chi connectivity index (χ2v) is 5.54. The molecular weight excluding hydrogens is 274 g/mol. The highest BCUT2D eigenvalue weighted by Crippen LogP contribution is 2.24. The van der Waals surface area contributed by atoms with E-state index in [2.05, 4.69) is 15.5 Å². The van der Waals surface area contributed by atoms with Crippen molar-refractivity contribution in [3.63, 3.8) is 0 Å². The van der Waals surface area contributed by atoms with E-state index in [-0.39, 0.29) is 30.9 Å². The van der Waals surface area contributed by atoms with Gasteiger partial charge in [-0.1, -0.05) is 17.9 Å². The Morgan fingerprint density at radius 3 is 2.67 bits per heavy atom. The van der Waals surface area contributed by atoms with Crippen LogP contribution < -0.4 is 5.73 Å². The second kappa shape index (κ2) is 5.66. The van der Waals surface area contributed by atoms with Crippen molar-refractivity contribution in [2.75, 3.05) is 25.4 Å². The van der Waals surface area contributed by atoms with E-state index in [1.807, 2.05) is 4.90 Å². The smallest absolute Gasteiger partial charge is 0.245 e. The first-order chi connectivity index (χ1) is 10.1. The predicted octanol–water partition coefficient (Wildman–Crippen LogP) is -1.13.